The summed E-state index contributed by atoms with van der Waals surface area (Å²) in [6, 6.07) is 0. The summed E-state index contributed by atoms with van der Waals surface area (Å²) in [5, 5.41) is 0. The third kappa shape index (κ3) is 29.3. The zero-order chi connectivity index (χ0) is 14.8. The summed E-state index contributed by atoms with van der Waals surface area (Å²) in [6.07, 6.45) is 14.3. The summed E-state index contributed by atoms with van der Waals surface area (Å²) in [7, 11) is 0. The summed E-state index contributed by atoms with van der Waals surface area (Å²) in [5.74, 6) is 0. The molecule has 0 aromatic heterocycles. The minimum atomic E-state index is 1.11. The molecule has 0 nitrogen and oxygen atoms in total. The van der Waals surface area contributed by atoms with Crippen molar-refractivity contribution < 1.29 is 0 Å². The van der Waals surface area contributed by atoms with Gasteiger partial charge in [-0.05, 0) is 33.6 Å². The lowest BCUT2D eigenvalue weighted by atomic mass is 10.1. The maximum Gasteiger partial charge on any atom is -0.0310 e. The predicted octanol–water partition coefficient (Wildman–Crippen LogP) is 6.64. The minimum absolute atomic E-state index is 1.11. The first-order valence-electron chi connectivity index (χ1n) is 6.69. The third-order valence-corrected chi connectivity index (χ3v) is 1.63. The molecule has 0 atom stereocenters. The highest BCUT2D eigenvalue weighted by molar-refractivity contribution is 5.19. The van der Waals surface area contributed by atoms with Crippen LogP contribution < -0.4 is 0 Å². The fraction of sp³-hybridized carbons (Fsp3) is 0.444. The van der Waals surface area contributed by atoms with Crippen molar-refractivity contribution in [3.05, 3.63) is 61.3 Å². The number of allylic oxidation sites excluding steroid dienone is 7. The SMILES string of the molecule is C=C.C=C(C)/C=C\C.CC1=CCCC=C1.CCC. The molecular formula is C18H32. The average molecular weight is 248 g/mol. The highest BCUT2D eigenvalue weighted by atomic mass is 13.9. The van der Waals surface area contributed by atoms with Crippen LogP contribution in [0, 0.1) is 0 Å². The number of hydrogen-bond acceptors (Lipinski definition) is 0. The minimum Gasteiger partial charge on any atom is -0.106 e. The van der Waals surface area contributed by atoms with Crippen molar-refractivity contribution >= 4 is 0 Å². The van der Waals surface area contributed by atoms with Gasteiger partial charge in [0.2, 0.25) is 0 Å². The molecule has 0 aliphatic heterocycles. The Morgan fingerprint density at radius 2 is 1.78 bits per heavy atom. The summed E-state index contributed by atoms with van der Waals surface area (Å²) >= 11 is 0. The average Bonchev–Trinajstić information content (AvgIpc) is 2.34. The van der Waals surface area contributed by atoms with Crippen molar-refractivity contribution in [1.29, 1.82) is 0 Å². The lowest BCUT2D eigenvalue weighted by Gasteiger charge is -1.96. The highest BCUT2D eigenvalue weighted by Gasteiger charge is 1.86. The maximum atomic E-state index is 3.66. The van der Waals surface area contributed by atoms with Crippen LogP contribution in [-0.2, 0) is 0 Å². The van der Waals surface area contributed by atoms with Gasteiger partial charge in [-0.1, -0.05) is 68.4 Å². The van der Waals surface area contributed by atoms with Gasteiger partial charge in [0, 0.05) is 0 Å². The summed E-state index contributed by atoms with van der Waals surface area (Å²) in [4.78, 5) is 0. The van der Waals surface area contributed by atoms with E-state index < -0.39 is 0 Å². The second-order valence-corrected chi connectivity index (χ2v) is 3.98. The number of hydrogen-bond donors (Lipinski definition) is 0. The van der Waals surface area contributed by atoms with Gasteiger partial charge in [-0.25, -0.2) is 0 Å². The molecule has 0 bridgehead atoms. The van der Waals surface area contributed by atoms with Crippen molar-refractivity contribution in [3.63, 3.8) is 0 Å². The fourth-order valence-corrected chi connectivity index (χ4v) is 1.03. The molecule has 1 aliphatic carbocycles. The molecule has 0 fully saturated rings. The second-order valence-electron chi connectivity index (χ2n) is 3.98. The molecular weight excluding hydrogens is 216 g/mol. The normalized spacial score (nSPS) is 11.9. The smallest absolute Gasteiger partial charge is 0.0310 e. The van der Waals surface area contributed by atoms with E-state index in [-0.39, 0.29) is 0 Å². The van der Waals surface area contributed by atoms with E-state index in [4.69, 9.17) is 0 Å². The lowest BCUT2D eigenvalue weighted by Crippen LogP contribution is -1.76. The third-order valence-electron chi connectivity index (χ3n) is 1.63. The van der Waals surface area contributed by atoms with E-state index in [1.54, 1.807) is 0 Å². The molecule has 0 aromatic carbocycles. The van der Waals surface area contributed by atoms with Gasteiger partial charge >= 0.3 is 0 Å². The van der Waals surface area contributed by atoms with Gasteiger partial charge in [-0.3, -0.25) is 0 Å². The van der Waals surface area contributed by atoms with Crippen molar-refractivity contribution in [2.75, 3.05) is 0 Å². The molecule has 0 saturated carbocycles. The summed E-state index contributed by atoms with van der Waals surface area (Å²) < 4.78 is 0. The Balaban J connectivity index is -0.000000187. The highest BCUT2D eigenvalue weighted by Crippen LogP contribution is 2.06. The molecule has 0 N–H and O–H groups in total. The van der Waals surface area contributed by atoms with Gasteiger partial charge in [0.1, 0.15) is 0 Å². The quantitative estimate of drug-likeness (QED) is 0.360. The Bertz CT molecular complexity index is 251. The molecule has 1 rings (SSSR count). The van der Waals surface area contributed by atoms with Crippen molar-refractivity contribution in [1.82, 2.24) is 0 Å². The van der Waals surface area contributed by atoms with E-state index >= 15 is 0 Å². The van der Waals surface area contributed by atoms with Gasteiger partial charge in [0.15, 0.2) is 0 Å². The van der Waals surface area contributed by atoms with Gasteiger partial charge < -0.3 is 0 Å². The van der Waals surface area contributed by atoms with Crippen LogP contribution in [0.25, 0.3) is 0 Å². The Kier molecular flexibility index (Phi) is 25.6. The number of rotatable bonds is 1. The van der Waals surface area contributed by atoms with E-state index in [0.717, 1.165) is 5.57 Å². The molecule has 0 heterocycles. The zero-order valence-electron chi connectivity index (χ0n) is 13.1. The molecule has 1 aliphatic rings. The van der Waals surface area contributed by atoms with Crippen LogP contribution in [0.4, 0.5) is 0 Å². The first-order chi connectivity index (χ1) is 8.58. The van der Waals surface area contributed by atoms with E-state index in [1.807, 2.05) is 26.0 Å². The van der Waals surface area contributed by atoms with Gasteiger partial charge in [0.05, 0.1) is 0 Å². The molecule has 104 valence electrons. The van der Waals surface area contributed by atoms with Gasteiger partial charge in [0.25, 0.3) is 0 Å². The molecule has 0 unspecified atom stereocenters. The largest absolute Gasteiger partial charge is 0.106 e. The van der Waals surface area contributed by atoms with Crippen LogP contribution in [0.1, 0.15) is 53.9 Å². The molecule has 0 radical (unpaired) electrons. The molecule has 0 aromatic rings. The monoisotopic (exact) mass is 248 g/mol. The predicted molar refractivity (Wildman–Crippen MR) is 89.0 cm³/mol. The standard InChI is InChI=1S/C7H10.C6H10.C3H8.C2H4/c1-7-5-3-2-4-6-7;1-4-5-6(2)3;1-3-2;1-2/h3,5-6H,2,4H2,1H3;4-5H,2H2,1,3H3;3H2,1-2H3;1-2H2/b;5-4-;;. The fourth-order valence-electron chi connectivity index (χ4n) is 1.03. The van der Waals surface area contributed by atoms with Crippen LogP contribution >= 0.6 is 0 Å². The lowest BCUT2D eigenvalue weighted by molar-refractivity contribution is 1.02. The zero-order valence-corrected chi connectivity index (χ0v) is 13.1. The van der Waals surface area contributed by atoms with Crippen LogP contribution in [0.5, 0.6) is 0 Å². The van der Waals surface area contributed by atoms with Crippen LogP contribution in [0.15, 0.2) is 61.3 Å². The van der Waals surface area contributed by atoms with E-state index in [2.05, 4.69) is 58.7 Å². The van der Waals surface area contributed by atoms with Crippen molar-refractivity contribution in [3.8, 4) is 0 Å². The Hall–Kier alpha value is -1.30. The first kappa shape index (κ1) is 21.9. The van der Waals surface area contributed by atoms with E-state index in [0.29, 0.717) is 0 Å². The van der Waals surface area contributed by atoms with Gasteiger partial charge in [-0.15, -0.1) is 13.2 Å². The van der Waals surface area contributed by atoms with Crippen LogP contribution in [0.3, 0.4) is 0 Å². The maximum absolute atomic E-state index is 3.66. The van der Waals surface area contributed by atoms with Crippen molar-refractivity contribution in [2.45, 2.75) is 53.9 Å². The van der Waals surface area contributed by atoms with Crippen LogP contribution in [0.2, 0.25) is 0 Å². The van der Waals surface area contributed by atoms with Crippen LogP contribution in [-0.4, -0.2) is 0 Å². The first-order valence-corrected chi connectivity index (χ1v) is 6.69. The van der Waals surface area contributed by atoms with Crippen molar-refractivity contribution in [2.24, 2.45) is 0 Å². The molecule has 18 heavy (non-hydrogen) atoms. The molecule has 0 saturated heterocycles. The summed E-state index contributed by atoms with van der Waals surface area (Å²) in [6.45, 7) is 20.0. The van der Waals surface area contributed by atoms with Gasteiger partial charge in [-0.2, -0.15) is 0 Å². The van der Waals surface area contributed by atoms with E-state index in [9.17, 15) is 0 Å². The summed E-state index contributed by atoms with van der Waals surface area (Å²) in [5.41, 5.74) is 2.52. The Labute approximate surface area is 116 Å². The van der Waals surface area contributed by atoms with E-state index in [1.165, 1.54) is 24.8 Å². The Morgan fingerprint density at radius 3 is 1.89 bits per heavy atom. The molecule has 0 amide bonds. The Morgan fingerprint density at radius 1 is 1.28 bits per heavy atom. The molecule has 0 heteroatoms. The topological polar surface area (TPSA) is 0 Å². The molecule has 0 spiro atoms. The second kappa shape index (κ2) is 21.0.